The molecule has 0 radical (unpaired) electrons. The molecule has 0 aliphatic carbocycles. The minimum atomic E-state index is -4.49. The lowest BCUT2D eigenvalue weighted by atomic mass is 10.1. The number of anilines is 2. The lowest BCUT2D eigenvalue weighted by Gasteiger charge is -2.19. The summed E-state index contributed by atoms with van der Waals surface area (Å²) < 4.78 is 43.2. The van der Waals surface area contributed by atoms with Gasteiger partial charge in [-0.25, -0.2) is 4.79 Å². The molecular weight excluding hydrogens is 311 g/mol. The van der Waals surface area contributed by atoms with E-state index in [9.17, 15) is 18.0 Å². The zero-order valence-corrected chi connectivity index (χ0v) is 13.4. The summed E-state index contributed by atoms with van der Waals surface area (Å²) in [4.78, 5) is 11.4. The molecule has 0 atom stereocenters. The number of ether oxygens (including phenoxy) is 1. The van der Waals surface area contributed by atoms with Gasteiger partial charge in [-0.05, 0) is 45.4 Å². The predicted octanol–water partition coefficient (Wildman–Crippen LogP) is 3.61. The van der Waals surface area contributed by atoms with Crippen LogP contribution in [0.3, 0.4) is 0 Å². The standard InChI is InChI=1S/C15H22F3N3O2/c1-14(2,3)23-13(22)21-8-4-7-20-10-5-6-12(19)11(9-10)15(16,17)18/h5-6,9,20H,4,7-8,19H2,1-3H3,(H,21,22). The normalized spacial score (nSPS) is 11.9. The van der Waals surface area contributed by atoms with Crippen LogP contribution in [0, 0.1) is 0 Å². The molecular formula is C15H22F3N3O2. The molecule has 0 heterocycles. The minimum Gasteiger partial charge on any atom is -0.444 e. The van der Waals surface area contributed by atoms with Crippen LogP contribution in [-0.2, 0) is 10.9 Å². The number of nitrogen functional groups attached to an aromatic ring is 1. The molecule has 1 aromatic carbocycles. The number of nitrogens with one attached hydrogen (secondary N) is 2. The van der Waals surface area contributed by atoms with Crippen molar-refractivity contribution < 1.29 is 22.7 Å². The SMILES string of the molecule is CC(C)(C)OC(=O)NCCCNc1ccc(N)c(C(F)(F)F)c1. The number of carbonyl (C=O) groups excluding carboxylic acids is 1. The first-order chi connectivity index (χ1) is 10.5. The van der Waals surface area contributed by atoms with Crippen molar-refractivity contribution in [1.29, 1.82) is 0 Å². The highest BCUT2D eigenvalue weighted by molar-refractivity contribution is 5.67. The molecule has 8 heteroatoms. The van der Waals surface area contributed by atoms with Gasteiger partial charge in [0.1, 0.15) is 5.60 Å². The molecule has 1 rings (SSSR count). The Bertz CT molecular complexity index is 540. The van der Waals surface area contributed by atoms with E-state index in [4.69, 9.17) is 10.5 Å². The van der Waals surface area contributed by atoms with Gasteiger partial charge in [0.05, 0.1) is 5.56 Å². The van der Waals surface area contributed by atoms with E-state index in [-0.39, 0.29) is 5.69 Å². The molecule has 4 N–H and O–H groups in total. The smallest absolute Gasteiger partial charge is 0.418 e. The lowest BCUT2D eigenvalue weighted by molar-refractivity contribution is -0.136. The molecule has 0 saturated heterocycles. The molecule has 0 fully saturated rings. The molecule has 0 unspecified atom stereocenters. The first kappa shape index (κ1) is 18.9. The van der Waals surface area contributed by atoms with Crippen LogP contribution < -0.4 is 16.4 Å². The number of carbonyl (C=O) groups is 1. The van der Waals surface area contributed by atoms with E-state index in [2.05, 4.69) is 10.6 Å². The van der Waals surface area contributed by atoms with E-state index in [1.165, 1.54) is 12.1 Å². The molecule has 130 valence electrons. The number of alkyl halides is 3. The van der Waals surface area contributed by atoms with E-state index in [1.807, 2.05) is 0 Å². The maximum absolute atomic E-state index is 12.7. The minimum absolute atomic E-state index is 0.311. The Morgan fingerprint density at radius 3 is 2.43 bits per heavy atom. The zero-order valence-electron chi connectivity index (χ0n) is 13.4. The van der Waals surface area contributed by atoms with Crippen molar-refractivity contribution >= 4 is 17.5 Å². The second-order valence-corrected chi connectivity index (χ2v) is 6.01. The Morgan fingerprint density at radius 1 is 1.22 bits per heavy atom. The van der Waals surface area contributed by atoms with Gasteiger partial charge >= 0.3 is 12.3 Å². The Kier molecular flexibility index (Phi) is 6.12. The van der Waals surface area contributed by atoms with Crippen molar-refractivity contribution in [2.24, 2.45) is 0 Å². The van der Waals surface area contributed by atoms with Gasteiger partial charge in [0.25, 0.3) is 0 Å². The third-order valence-corrected chi connectivity index (χ3v) is 2.71. The van der Waals surface area contributed by atoms with Gasteiger partial charge in [0, 0.05) is 24.5 Å². The lowest BCUT2D eigenvalue weighted by Crippen LogP contribution is -2.33. The van der Waals surface area contributed by atoms with Crippen LogP contribution in [0.1, 0.15) is 32.8 Å². The van der Waals surface area contributed by atoms with Gasteiger partial charge in [-0.2, -0.15) is 13.2 Å². The number of alkyl carbamates (subject to hydrolysis) is 1. The molecule has 0 aliphatic heterocycles. The van der Waals surface area contributed by atoms with E-state index in [0.29, 0.717) is 25.2 Å². The van der Waals surface area contributed by atoms with Gasteiger partial charge in [0.2, 0.25) is 0 Å². The Balaban J connectivity index is 2.38. The Hall–Kier alpha value is -2.12. The average Bonchev–Trinajstić information content (AvgIpc) is 2.36. The summed E-state index contributed by atoms with van der Waals surface area (Å²) in [6.07, 6.45) is -4.48. The second-order valence-electron chi connectivity index (χ2n) is 6.01. The number of hydrogen-bond donors (Lipinski definition) is 3. The number of benzene rings is 1. The van der Waals surface area contributed by atoms with Crippen LogP contribution in [0.5, 0.6) is 0 Å². The molecule has 0 spiro atoms. The number of amides is 1. The monoisotopic (exact) mass is 333 g/mol. The summed E-state index contributed by atoms with van der Waals surface area (Å²) in [5.41, 5.74) is 3.90. The molecule has 0 saturated carbocycles. The number of rotatable bonds is 5. The second kappa shape index (κ2) is 7.43. The van der Waals surface area contributed by atoms with Gasteiger partial charge in [-0.1, -0.05) is 0 Å². The molecule has 0 bridgehead atoms. The van der Waals surface area contributed by atoms with Crippen LogP contribution in [0.25, 0.3) is 0 Å². The fraction of sp³-hybridized carbons (Fsp3) is 0.533. The fourth-order valence-corrected chi connectivity index (χ4v) is 1.74. The third-order valence-electron chi connectivity index (χ3n) is 2.71. The van der Waals surface area contributed by atoms with Crippen LogP contribution in [0.4, 0.5) is 29.3 Å². The predicted molar refractivity (Wildman–Crippen MR) is 83.2 cm³/mol. The molecule has 1 aromatic rings. The summed E-state index contributed by atoms with van der Waals surface area (Å²) in [6.45, 7) is 6.02. The molecule has 1 amide bonds. The maximum atomic E-state index is 12.7. The van der Waals surface area contributed by atoms with Gasteiger partial charge in [-0.15, -0.1) is 0 Å². The first-order valence-corrected chi connectivity index (χ1v) is 7.16. The Labute approximate surface area is 133 Å². The highest BCUT2D eigenvalue weighted by atomic mass is 19.4. The third kappa shape index (κ3) is 7.12. The van der Waals surface area contributed by atoms with Crippen molar-refractivity contribution in [3.05, 3.63) is 23.8 Å². The zero-order chi connectivity index (χ0) is 17.7. The van der Waals surface area contributed by atoms with Crippen molar-refractivity contribution in [2.45, 2.75) is 39.0 Å². The first-order valence-electron chi connectivity index (χ1n) is 7.16. The van der Waals surface area contributed by atoms with E-state index >= 15 is 0 Å². The molecule has 23 heavy (non-hydrogen) atoms. The largest absolute Gasteiger partial charge is 0.444 e. The molecule has 0 aliphatic rings. The van der Waals surface area contributed by atoms with E-state index in [1.54, 1.807) is 20.8 Å². The van der Waals surface area contributed by atoms with Crippen molar-refractivity contribution in [3.8, 4) is 0 Å². The number of halogens is 3. The number of hydrogen-bond acceptors (Lipinski definition) is 4. The molecule has 0 aromatic heterocycles. The fourth-order valence-electron chi connectivity index (χ4n) is 1.74. The van der Waals surface area contributed by atoms with Crippen LogP contribution in [0.2, 0.25) is 0 Å². The molecule has 5 nitrogen and oxygen atoms in total. The van der Waals surface area contributed by atoms with Gasteiger partial charge in [0.15, 0.2) is 0 Å². The Morgan fingerprint density at radius 2 is 1.87 bits per heavy atom. The van der Waals surface area contributed by atoms with E-state index in [0.717, 1.165) is 6.07 Å². The van der Waals surface area contributed by atoms with Crippen LogP contribution >= 0.6 is 0 Å². The van der Waals surface area contributed by atoms with Crippen molar-refractivity contribution in [2.75, 3.05) is 24.1 Å². The van der Waals surface area contributed by atoms with Gasteiger partial charge < -0.3 is 21.1 Å². The maximum Gasteiger partial charge on any atom is 0.418 e. The summed E-state index contributed by atoms with van der Waals surface area (Å²) >= 11 is 0. The van der Waals surface area contributed by atoms with Crippen LogP contribution in [-0.4, -0.2) is 24.8 Å². The van der Waals surface area contributed by atoms with Gasteiger partial charge in [-0.3, -0.25) is 0 Å². The number of nitrogens with two attached hydrogens (primary N) is 1. The van der Waals surface area contributed by atoms with E-state index < -0.39 is 23.4 Å². The summed E-state index contributed by atoms with van der Waals surface area (Å²) in [5, 5.41) is 5.43. The average molecular weight is 333 g/mol. The topological polar surface area (TPSA) is 76.4 Å². The van der Waals surface area contributed by atoms with Crippen LogP contribution in [0.15, 0.2) is 18.2 Å². The quantitative estimate of drug-likeness (QED) is 0.568. The summed E-state index contributed by atoms with van der Waals surface area (Å²) in [7, 11) is 0. The van der Waals surface area contributed by atoms with Crippen molar-refractivity contribution in [1.82, 2.24) is 5.32 Å². The highest BCUT2D eigenvalue weighted by Crippen LogP contribution is 2.35. The summed E-state index contributed by atoms with van der Waals surface area (Å²) in [5.74, 6) is 0. The highest BCUT2D eigenvalue weighted by Gasteiger charge is 2.33. The summed E-state index contributed by atoms with van der Waals surface area (Å²) in [6, 6.07) is 3.66. The van der Waals surface area contributed by atoms with Crippen molar-refractivity contribution in [3.63, 3.8) is 0 Å².